The first-order chi connectivity index (χ1) is 14.8. The van der Waals surface area contributed by atoms with Crippen molar-refractivity contribution < 1.29 is 37.0 Å². The Balaban J connectivity index is 2.35. The Morgan fingerprint density at radius 1 is 1.22 bits per heavy atom. The Bertz CT molecular complexity index is 867. The molecule has 1 aromatic carbocycles. The van der Waals surface area contributed by atoms with Gasteiger partial charge in [-0.1, -0.05) is 13.0 Å². The molecular weight excluding hydrogens is 431 g/mol. The Kier molecular flexibility index (Phi) is 7.63. The fourth-order valence-corrected chi connectivity index (χ4v) is 3.37. The van der Waals surface area contributed by atoms with Gasteiger partial charge in [0.25, 0.3) is 0 Å². The molecule has 8 nitrogen and oxygen atoms in total. The number of alkyl halides is 3. The number of anilines is 1. The van der Waals surface area contributed by atoms with Crippen molar-refractivity contribution in [1.82, 2.24) is 10.6 Å². The molecule has 1 aliphatic rings. The van der Waals surface area contributed by atoms with Gasteiger partial charge in [0.15, 0.2) is 0 Å². The third-order valence-electron chi connectivity index (χ3n) is 4.70. The van der Waals surface area contributed by atoms with Crippen LogP contribution in [0, 0.1) is 0 Å². The van der Waals surface area contributed by atoms with Crippen LogP contribution in [-0.4, -0.2) is 55.4 Å². The van der Waals surface area contributed by atoms with Crippen molar-refractivity contribution in [2.24, 2.45) is 0 Å². The van der Waals surface area contributed by atoms with Crippen molar-refractivity contribution in [3.05, 3.63) is 23.8 Å². The van der Waals surface area contributed by atoms with Crippen LogP contribution in [0.4, 0.5) is 23.7 Å². The Morgan fingerprint density at radius 2 is 1.88 bits per heavy atom. The number of nitrogens with one attached hydrogen (secondary N) is 2. The summed E-state index contributed by atoms with van der Waals surface area (Å²) in [5.74, 6) is -1.20. The second kappa shape index (κ2) is 9.66. The van der Waals surface area contributed by atoms with E-state index < -0.39 is 48.3 Å². The zero-order valence-corrected chi connectivity index (χ0v) is 18.6. The van der Waals surface area contributed by atoms with Crippen LogP contribution in [0.3, 0.4) is 0 Å². The first-order valence-corrected chi connectivity index (χ1v) is 10.1. The zero-order chi connectivity index (χ0) is 24.3. The molecule has 3 amide bonds. The summed E-state index contributed by atoms with van der Waals surface area (Å²) in [6, 6.07) is 2.53. The average molecular weight is 459 g/mol. The predicted octanol–water partition coefficient (Wildman–Crippen LogP) is 2.93. The van der Waals surface area contributed by atoms with Crippen molar-refractivity contribution >= 4 is 23.6 Å². The van der Waals surface area contributed by atoms with Crippen LogP contribution in [0.2, 0.25) is 0 Å². The highest BCUT2D eigenvalue weighted by Crippen LogP contribution is 2.39. The summed E-state index contributed by atoms with van der Waals surface area (Å²) in [4.78, 5) is 39.3. The molecule has 0 fully saturated rings. The summed E-state index contributed by atoms with van der Waals surface area (Å²) in [6.07, 6.45) is -5.28. The van der Waals surface area contributed by atoms with Gasteiger partial charge in [-0.2, -0.15) is 13.2 Å². The summed E-state index contributed by atoms with van der Waals surface area (Å²) in [5.41, 5.74) is 0.0626. The summed E-state index contributed by atoms with van der Waals surface area (Å²) in [6.45, 7) is 5.13. The molecule has 0 aliphatic carbocycles. The molecule has 32 heavy (non-hydrogen) atoms. The maximum atomic E-state index is 13.4. The number of benzene rings is 1. The van der Waals surface area contributed by atoms with Crippen LogP contribution in [0.25, 0.3) is 0 Å². The van der Waals surface area contributed by atoms with E-state index in [1.54, 1.807) is 45.9 Å². The number of hydrogen-bond acceptors (Lipinski definition) is 5. The lowest BCUT2D eigenvalue weighted by Crippen LogP contribution is -2.55. The van der Waals surface area contributed by atoms with Crippen LogP contribution in [-0.2, 0) is 20.7 Å². The van der Waals surface area contributed by atoms with Gasteiger partial charge in [0.1, 0.15) is 30.0 Å². The van der Waals surface area contributed by atoms with Crippen molar-refractivity contribution in [1.29, 1.82) is 0 Å². The molecule has 2 N–H and O–H groups in total. The van der Waals surface area contributed by atoms with E-state index in [-0.39, 0.29) is 12.8 Å². The highest BCUT2D eigenvalue weighted by Gasteiger charge is 2.43. The molecule has 2 atom stereocenters. The van der Waals surface area contributed by atoms with Gasteiger partial charge in [-0.3, -0.25) is 14.5 Å². The van der Waals surface area contributed by atoms with Crippen molar-refractivity contribution in [2.45, 2.75) is 64.4 Å². The number of hydrogen-bond donors (Lipinski definition) is 2. The van der Waals surface area contributed by atoms with Crippen molar-refractivity contribution in [3.63, 3.8) is 0 Å². The van der Waals surface area contributed by atoms with Crippen LogP contribution in [0.15, 0.2) is 18.2 Å². The van der Waals surface area contributed by atoms with Gasteiger partial charge in [-0.25, -0.2) is 4.79 Å². The summed E-state index contributed by atoms with van der Waals surface area (Å²) in [5, 5.41) is 4.32. The third kappa shape index (κ3) is 6.27. The molecule has 178 valence electrons. The average Bonchev–Trinajstić information content (AvgIpc) is 3.07. The van der Waals surface area contributed by atoms with E-state index in [4.69, 9.17) is 9.47 Å². The number of halogens is 3. The second-order valence-electron chi connectivity index (χ2n) is 8.33. The van der Waals surface area contributed by atoms with Gasteiger partial charge >= 0.3 is 12.3 Å². The number of amides is 3. The minimum Gasteiger partial charge on any atom is -0.496 e. The Hall–Kier alpha value is -2.98. The second-order valence-corrected chi connectivity index (χ2v) is 8.33. The lowest BCUT2D eigenvalue weighted by Gasteiger charge is -2.29. The number of nitrogens with zero attached hydrogens (tertiary/aromatic N) is 1. The van der Waals surface area contributed by atoms with Gasteiger partial charge in [0.05, 0.1) is 12.8 Å². The SMILES string of the molecule is CC[C@H](NC(=O)OC(C)(C)C)C(=O)N1c2cccc(OC)c2C[C@H]1C(=O)NCC(F)(F)F. The molecule has 1 aromatic rings. The molecule has 0 bridgehead atoms. The van der Waals surface area contributed by atoms with Gasteiger partial charge in [-0.15, -0.1) is 0 Å². The van der Waals surface area contributed by atoms with E-state index in [1.807, 2.05) is 5.32 Å². The van der Waals surface area contributed by atoms with Crippen molar-refractivity contribution in [2.75, 3.05) is 18.6 Å². The number of ether oxygens (including phenoxy) is 2. The van der Waals surface area contributed by atoms with E-state index in [2.05, 4.69) is 5.32 Å². The van der Waals surface area contributed by atoms with E-state index >= 15 is 0 Å². The molecule has 0 unspecified atom stereocenters. The van der Waals surface area contributed by atoms with E-state index in [1.165, 1.54) is 7.11 Å². The monoisotopic (exact) mass is 459 g/mol. The Labute approximate surface area is 184 Å². The number of fused-ring (bicyclic) bond motifs is 1. The molecule has 0 saturated carbocycles. The van der Waals surface area contributed by atoms with Crippen LogP contribution >= 0.6 is 0 Å². The largest absolute Gasteiger partial charge is 0.496 e. The maximum Gasteiger partial charge on any atom is 0.408 e. The molecular formula is C21H28F3N3O5. The van der Waals surface area contributed by atoms with Gasteiger partial charge in [0, 0.05) is 12.0 Å². The first-order valence-electron chi connectivity index (χ1n) is 10.1. The summed E-state index contributed by atoms with van der Waals surface area (Å²) >= 11 is 0. The number of rotatable bonds is 6. The molecule has 0 spiro atoms. The van der Waals surface area contributed by atoms with E-state index in [9.17, 15) is 27.6 Å². The minimum absolute atomic E-state index is 0.0301. The van der Waals surface area contributed by atoms with Crippen LogP contribution < -0.4 is 20.3 Å². The molecule has 11 heteroatoms. The lowest BCUT2D eigenvalue weighted by atomic mass is 10.1. The maximum absolute atomic E-state index is 13.4. The highest BCUT2D eigenvalue weighted by molar-refractivity contribution is 6.06. The van der Waals surface area contributed by atoms with E-state index in [0.29, 0.717) is 17.0 Å². The lowest BCUT2D eigenvalue weighted by molar-refractivity contribution is -0.139. The molecule has 2 rings (SSSR count). The topological polar surface area (TPSA) is 97.0 Å². The normalized spacial score (nSPS) is 16.8. The number of alkyl carbamates (subject to hydrolysis) is 1. The number of carbonyl (C=O) groups is 3. The van der Waals surface area contributed by atoms with Gasteiger partial charge < -0.3 is 20.1 Å². The third-order valence-corrected chi connectivity index (χ3v) is 4.70. The van der Waals surface area contributed by atoms with Crippen LogP contribution in [0.1, 0.15) is 39.7 Å². The predicted molar refractivity (Wildman–Crippen MR) is 110 cm³/mol. The molecule has 0 radical (unpaired) electrons. The summed E-state index contributed by atoms with van der Waals surface area (Å²) in [7, 11) is 1.41. The Morgan fingerprint density at radius 3 is 2.41 bits per heavy atom. The standard InChI is InChI=1S/C21H28F3N3O5/c1-6-13(26-19(30)32-20(2,3)4)18(29)27-14-8-7-9-16(31-5)12(14)10-15(27)17(28)25-11-21(22,23)24/h7-9,13,15H,6,10-11H2,1-5H3,(H,25,28)(H,26,30)/t13-,15-/m0/s1. The number of carbonyl (C=O) groups excluding carboxylic acids is 3. The number of methoxy groups -OCH3 is 1. The van der Waals surface area contributed by atoms with Crippen LogP contribution in [0.5, 0.6) is 5.75 Å². The quantitative estimate of drug-likeness (QED) is 0.682. The van der Waals surface area contributed by atoms with E-state index in [0.717, 1.165) is 4.90 Å². The first kappa shape index (κ1) is 25.3. The smallest absolute Gasteiger partial charge is 0.408 e. The molecule has 1 aliphatic heterocycles. The minimum atomic E-state index is -4.60. The molecule has 0 saturated heterocycles. The highest BCUT2D eigenvalue weighted by atomic mass is 19.4. The van der Waals surface area contributed by atoms with Gasteiger partial charge in [-0.05, 0) is 39.3 Å². The molecule has 1 heterocycles. The summed E-state index contributed by atoms with van der Waals surface area (Å²) < 4.78 is 48.4. The molecule has 0 aromatic heterocycles. The fraction of sp³-hybridized carbons (Fsp3) is 0.571. The van der Waals surface area contributed by atoms with Gasteiger partial charge in [0.2, 0.25) is 11.8 Å². The van der Waals surface area contributed by atoms with Crippen molar-refractivity contribution in [3.8, 4) is 5.75 Å². The zero-order valence-electron chi connectivity index (χ0n) is 18.6. The fourth-order valence-electron chi connectivity index (χ4n) is 3.37.